The summed E-state index contributed by atoms with van der Waals surface area (Å²) in [5, 5.41) is 4.70. The first kappa shape index (κ1) is 16.8. The van der Waals surface area contributed by atoms with Gasteiger partial charge in [0.15, 0.2) is 0 Å². The van der Waals surface area contributed by atoms with E-state index in [9.17, 15) is 18.4 Å². The number of alkyl halides is 2. The fourth-order valence-corrected chi connectivity index (χ4v) is 1.18. The Kier molecular flexibility index (Phi) is 6.21. The van der Waals surface area contributed by atoms with E-state index in [1.807, 2.05) is 0 Å². The van der Waals surface area contributed by atoms with Gasteiger partial charge in [-0.25, -0.2) is 8.78 Å². The van der Waals surface area contributed by atoms with E-state index in [4.69, 9.17) is 0 Å². The summed E-state index contributed by atoms with van der Waals surface area (Å²) in [4.78, 5) is 23.5. The molecule has 0 bridgehead atoms. The molecule has 106 valence electrons. The number of rotatable bonds is 5. The van der Waals surface area contributed by atoms with Crippen LogP contribution in [0.15, 0.2) is 0 Å². The molecule has 0 aliphatic rings. The van der Waals surface area contributed by atoms with Crippen molar-refractivity contribution in [1.29, 1.82) is 0 Å². The van der Waals surface area contributed by atoms with Crippen LogP contribution in [0.4, 0.5) is 8.78 Å². The molecule has 0 aliphatic heterocycles. The van der Waals surface area contributed by atoms with E-state index in [1.165, 1.54) is 0 Å². The molecule has 4 nitrogen and oxygen atoms in total. The van der Waals surface area contributed by atoms with Crippen molar-refractivity contribution in [1.82, 2.24) is 10.6 Å². The van der Waals surface area contributed by atoms with Crippen LogP contribution in [0.5, 0.6) is 0 Å². The van der Waals surface area contributed by atoms with Gasteiger partial charge in [-0.2, -0.15) is 0 Å². The Morgan fingerprint density at radius 3 is 2.00 bits per heavy atom. The highest BCUT2D eigenvalue weighted by atomic mass is 19.3. The number of carbonyl (C=O) groups is 2. The summed E-state index contributed by atoms with van der Waals surface area (Å²) in [5.41, 5.74) is -0.629. The highest BCUT2D eigenvalue weighted by Crippen LogP contribution is 2.14. The van der Waals surface area contributed by atoms with Crippen LogP contribution in [0.25, 0.3) is 0 Å². The lowest BCUT2D eigenvalue weighted by molar-refractivity contribution is -0.134. The number of halogens is 2. The van der Waals surface area contributed by atoms with Crippen LogP contribution in [-0.2, 0) is 9.59 Å². The van der Waals surface area contributed by atoms with Gasteiger partial charge in [-0.05, 0) is 5.92 Å². The maximum atomic E-state index is 12.0. The van der Waals surface area contributed by atoms with Gasteiger partial charge in [0.1, 0.15) is 6.04 Å². The molecule has 0 rings (SSSR count). The Morgan fingerprint density at radius 1 is 1.17 bits per heavy atom. The van der Waals surface area contributed by atoms with Crippen LogP contribution >= 0.6 is 0 Å². The minimum atomic E-state index is -2.60. The fourth-order valence-electron chi connectivity index (χ4n) is 1.18. The van der Waals surface area contributed by atoms with Crippen LogP contribution in [-0.4, -0.2) is 30.8 Å². The molecule has 18 heavy (non-hydrogen) atoms. The van der Waals surface area contributed by atoms with Gasteiger partial charge in [-0.15, -0.1) is 0 Å². The van der Waals surface area contributed by atoms with Crippen LogP contribution in [0.2, 0.25) is 0 Å². The van der Waals surface area contributed by atoms with Gasteiger partial charge in [-0.3, -0.25) is 9.59 Å². The summed E-state index contributed by atoms with van der Waals surface area (Å²) >= 11 is 0. The molecule has 2 amide bonds. The van der Waals surface area contributed by atoms with E-state index in [0.717, 1.165) is 0 Å². The topological polar surface area (TPSA) is 58.2 Å². The second kappa shape index (κ2) is 6.66. The van der Waals surface area contributed by atoms with Crippen LogP contribution < -0.4 is 10.6 Å². The minimum absolute atomic E-state index is 0.172. The molecule has 2 N–H and O–H groups in total. The summed E-state index contributed by atoms with van der Waals surface area (Å²) in [6.45, 7) is 7.95. The molecule has 0 aliphatic carbocycles. The van der Waals surface area contributed by atoms with Crippen molar-refractivity contribution in [3.63, 3.8) is 0 Å². The Morgan fingerprint density at radius 2 is 1.67 bits per heavy atom. The van der Waals surface area contributed by atoms with Crippen LogP contribution in [0.3, 0.4) is 0 Å². The lowest BCUT2D eigenvalue weighted by atomic mass is 9.93. The van der Waals surface area contributed by atoms with E-state index in [2.05, 4.69) is 10.6 Å². The zero-order chi connectivity index (χ0) is 14.5. The number of nitrogens with one attached hydrogen (secondary N) is 2. The van der Waals surface area contributed by atoms with Crippen LogP contribution in [0.1, 0.15) is 34.6 Å². The van der Waals surface area contributed by atoms with Gasteiger partial charge in [-0.1, -0.05) is 34.6 Å². The molecule has 0 fully saturated rings. The number of carbonyl (C=O) groups excluding carboxylic acids is 2. The first-order chi connectivity index (χ1) is 8.05. The second-order valence-corrected chi connectivity index (χ2v) is 5.58. The molecule has 0 aromatic carbocycles. The van der Waals surface area contributed by atoms with Crippen molar-refractivity contribution in [2.45, 2.75) is 47.1 Å². The Balaban J connectivity index is 4.58. The van der Waals surface area contributed by atoms with Crippen molar-refractivity contribution in [2.24, 2.45) is 11.3 Å². The predicted molar refractivity (Wildman–Crippen MR) is 65.2 cm³/mol. The van der Waals surface area contributed by atoms with Crippen molar-refractivity contribution < 1.29 is 18.4 Å². The summed E-state index contributed by atoms with van der Waals surface area (Å²) in [7, 11) is 0. The molecule has 0 heterocycles. The normalized spacial score (nSPS) is 13.6. The molecule has 0 spiro atoms. The monoisotopic (exact) mass is 264 g/mol. The third kappa shape index (κ3) is 5.93. The largest absolute Gasteiger partial charge is 0.349 e. The fraction of sp³-hybridized carbons (Fsp3) is 0.833. The molecular formula is C12H22F2N2O2. The predicted octanol–water partition coefficient (Wildman–Crippen LogP) is 1.55. The maximum Gasteiger partial charge on any atom is 0.255 e. The van der Waals surface area contributed by atoms with Crippen molar-refractivity contribution >= 4 is 11.8 Å². The lowest BCUT2D eigenvalue weighted by Gasteiger charge is -2.26. The average Bonchev–Trinajstić information content (AvgIpc) is 2.20. The average molecular weight is 264 g/mol. The van der Waals surface area contributed by atoms with Crippen LogP contribution in [0, 0.1) is 11.3 Å². The van der Waals surface area contributed by atoms with E-state index >= 15 is 0 Å². The molecule has 0 saturated heterocycles. The molecule has 0 aromatic rings. The van der Waals surface area contributed by atoms with Gasteiger partial charge in [0.05, 0.1) is 6.54 Å². The van der Waals surface area contributed by atoms with Gasteiger partial charge in [0, 0.05) is 5.41 Å². The lowest BCUT2D eigenvalue weighted by Crippen LogP contribution is -2.52. The Bertz CT molecular complexity index is 299. The van der Waals surface area contributed by atoms with Crippen molar-refractivity contribution in [3.05, 3.63) is 0 Å². The van der Waals surface area contributed by atoms with Crippen molar-refractivity contribution in [3.8, 4) is 0 Å². The first-order valence-corrected chi connectivity index (χ1v) is 5.92. The third-order valence-electron chi connectivity index (χ3n) is 2.35. The SMILES string of the molecule is CC(C)[C@@H](NC(=O)C(C)(C)C)C(=O)NCC(F)F. The Hall–Kier alpha value is -1.20. The number of hydrogen-bond acceptors (Lipinski definition) is 2. The molecular weight excluding hydrogens is 242 g/mol. The summed E-state index contributed by atoms with van der Waals surface area (Å²) in [6, 6.07) is -0.796. The molecule has 0 aromatic heterocycles. The minimum Gasteiger partial charge on any atom is -0.349 e. The zero-order valence-corrected chi connectivity index (χ0v) is 11.5. The molecule has 0 unspecified atom stereocenters. The number of amides is 2. The second-order valence-electron chi connectivity index (χ2n) is 5.58. The first-order valence-electron chi connectivity index (χ1n) is 5.92. The van der Waals surface area contributed by atoms with Gasteiger partial charge < -0.3 is 10.6 Å². The summed E-state index contributed by atoms with van der Waals surface area (Å²) in [5.74, 6) is -1.04. The number of hydrogen-bond donors (Lipinski definition) is 2. The summed E-state index contributed by atoms with van der Waals surface area (Å²) < 4.78 is 24.0. The van der Waals surface area contributed by atoms with E-state index in [-0.39, 0.29) is 11.8 Å². The van der Waals surface area contributed by atoms with E-state index in [0.29, 0.717) is 0 Å². The molecule has 6 heteroatoms. The van der Waals surface area contributed by atoms with E-state index in [1.54, 1.807) is 34.6 Å². The highest BCUT2D eigenvalue weighted by Gasteiger charge is 2.29. The highest BCUT2D eigenvalue weighted by molar-refractivity contribution is 5.89. The maximum absolute atomic E-state index is 12.0. The van der Waals surface area contributed by atoms with E-state index < -0.39 is 30.3 Å². The zero-order valence-electron chi connectivity index (χ0n) is 11.5. The Labute approximate surface area is 107 Å². The standard InChI is InChI=1S/C12H22F2N2O2/c1-7(2)9(10(17)15-6-8(13)14)16-11(18)12(3,4)5/h7-9H,6H2,1-5H3,(H,15,17)(H,16,18)/t9-/m1/s1. The molecule has 0 saturated carbocycles. The van der Waals surface area contributed by atoms with Gasteiger partial charge >= 0.3 is 0 Å². The van der Waals surface area contributed by atoms with Gasteiger partial charge in [0.2, 0.25) is 11.8 Å². The molecule has 0 radical (unpaired) electrons. The summed E-state index contributed by atoms with van der Waals surface area (Å²) in [6.07, 6.45) is -2.60. The molecule has 1 atom stereocenters. The van der Waals surface area contributed by atoms with Crippen molar-refractivity contribution in [2.75, 3.05) is 6.54 Å². The van der Waals surface area contributed by atoms with Gasteiger partial charge in [0.25, 0.3) is 6.43 Å². The quantitative estimate of drug-likeness (QED) is 0.791. The smallest absolute Gasteiger partial charge is 0.255 e. The third-order valence-corrected chi connectivity index (χ3v) is 2.35.